The van der Waals surface area contributed by atoms with Crippen molar-refractivity contribution in [3.63, 3.8) is 0 Å². The van der Waals surface area contributed by atoms with Crippen molar-refractivity contribution in [2.75, 3.05) is 20.2 Å². The minimum absolute atomic E-state index is 0.0241. The molecule has 4 nitrogen and oxygen atoms in total. The van der Waals surface area contributed by atoms with E-state index in [9.17, 15) is 4.79 Å². The largest absolute Gasteiger partial charge is 0.494 e. The Morgan fingerprint density at radius 1 is 1.40 bits per heavy atom. The topological polar surface area (TPSA) is 50.4 Å². The van der Waals surface area contributed by atoms with Gasteiger partial charge in [0.15, 0.2) is 0 Å². The van der Waals surface area contributed by atoms with Gasteiger partial charge < -0.3 is 15.4 Å². The summed E-state index contributed by atoms with van der Waals surface area (Å²) in [5, 5.41) is 5.95. The van der Waals surface area contributed by atoms with Crippen molar-refractivity contribution in [3.05, 3.63) is 29.8 Å². The quantitative estimate of drug-likeness (QED) is 0.682. The van der Waals surface area contributed by atoms with E-state index >= 15 is 0 Å². The SMILES string of the molecule is CCCCOc1cccc(CNC(=O)C(C)CNC)c1. The molecule has 1 aromatic carbocycles. The normalized spacial score (nSPS) is 11.9. The van der Waals surface area contributed by atoms with Gasteiger partial charge in [0.05, 0.1) is 6.61 Å². The maximum Gasteiger partial charge on any atom is 0.224 e. The first-order valence-corrected chi connectivity index (χ1v) is 7.31. The second-order valence-electron chi connectivity index (χ2n) is 5.03. The van der Waals surface area contributed by atoms with Crippen LogP contribution in [-0.4, -0.2) is 26.1 Å². The molecule has 1 atom stereocenters. The number of ether oxygens (including phenoxy) is 1. The molecule has 0 aliphatic heterocycles. The number of hydrogen-bond donors (Lipinski definition) is 2. The highest BCUT2D eigenvalue weighted by molar-refractivity contribution is 5.78. The molecule has 0 saturated heterocycles. The van der Waals surface area contributed by atoms with Gasteiger partial charge in [0, 0.05) is 19.0 Å². The molecule has 1 amide bonds. The molecule has 0 bridgehead atoms. The second kappa shape index (κ2) is 9.37. The van der Waals surface area contributed by atoms with Crippen molar-refractivity contribution < 1.29 is 9.53 Å². The third-order valence-electron chi connectivity index (χ3n) is 3.09. The number of amides is 1. The van der Waals surface area contributed by atoms with Crippen LogP contribution >= 0.6 is 0 Å². The molecule has 0 fully saturated rings. The number of carbonyl (C=O) groups is 1. The summed E-state index contributed by atoms with van der Waals surface area (Å²) >= 11 is 0. The van der Waals surface area contributed by atoms with Gasteiger partial charge in [-0.3, -0.25) is 4.79 Å². The molecule has 1 unspecified atom stereocenters. The van der Waals surface area contributed by atoms with Gasteiger partial charge in [0.25, 0.3) is 0 Å². The lowest BCUT2D eigenvalue weighted by molar-refractivity contribution is -0.124. The van der Waals surface area contributed by atoms with Gasteiger partial charge in [-0.05, 0) is 31.2 Å². The lowest BCUT2D eigenvalue weighted by atomic mass is 10.1. The molecule has 0 radical (unpaired) electrons. The number of benzene rings is 1. The Morgan fingerprint density at radius 3 is 2.90 bits per heavy atom. The Morgan fingerprint density at radius 2 is 2.20 bits per heavy atom. The zero-order valence-corrected chi connectivity index (χ0v) is 12.7. The fraction of sp³-hybridized carbons (Fsp3) is 0.562. The number of nitrogens with one attached hydrogen (secondary N) is 2. The summed E-state index contributed by atoms with van der Waals surface area (Å²) in [6.45, 7) is 6.02. The Labute approximate surface area is 121 Å². The molecule has 0 spiro atoms. The third-order valence-corrected chi connectivity index (χ3v) is 3.09. The van der Waals surface area contributed by atoms with E-state index in [1.807, 2.05) is 38.2 Å². The summed E-state index contributed by atoms with van der Waals surface area (Å²) < 4.78 is 5.66. The van der Waals surface area contributed by atoms with Gasteiger partial charge in [-0.1, -0.05) is 32.4 Å². The average Bonchev–Trinajstić information content (AvgIpc) is 2.46. The minimum Gasteiger partial charge on any atom is -0.494 e. The Hall–Kier alpha value is -1.55. The van der Waals surface area contributed by atoms with Gasteiger partial charge in [-0.25, -0.2) is 0 Å². The molecule has 0 aliphatic carbocycles. The summed E-state index contributed by atoms with van der Waals surface area (Å²) in [6, 6.07) is 7.89. The molecule has 0 saturated carbocycles. The van der Waals surface area contributed by atoms with Gasteiger partial charge >= 0.3 is 0 Å². The van der Waals surface area contributed by atoms with E-state index in [1.165, 1.54) is 0 Å². The van der Waals surface area contributed by atoms with Crippen molar-refractivity contribution in [3.8, 4) is 5.75 Å². The summed E-state index contributed by atoms with van der Waals surface area (Å²) in [5.74, 6) is 0.911. The van der Waals surface area contributed by atoms with Gasteiger partial charge in [-0.15, -0.1) is 0 Å². The predicted octanol–water partition coefficient (Wildman–Crippen LogP) is 2.34. The zero-order chi connectivity index (χ0) is 14.8. The molecule has 0 heterocycles. The Bertz CT molecular complexity index is 407. The predicted molar refractivity (Wildman–Crippen MR) is 81.8 cm³/mol. The van der Waals surface area contributed by atoms with E-state index in [0.717, 1.165) is 30.8 Å². The van der Waals surface area contributed by atoms with Crippen LogP contribution in [0.4, 0.5) is 0 Å². The standard InChI is InChI=1S/C16H26N2O2/c1-4-5-9-20-15-8-6-7-14(10-15)12-18-16(19)13(2)11-17-3/h6-8,10,13,17H,4-5,9,11-12H2,1-3H3,(H,18,19). The van der Waals surface area contributed by atoms with Crippen LogP contribution in [-0.2, 0) is 11.3 Å². The van der Waals surface area contributed by atoms with Crippen LogP contribution in [0.3, 0.4) is 0 Å². The highest BCUT2D eigenvalue weighted by Gasteiger charge is 2.10. The summed E-state index contributed by atoms with van der Waals surface area (Å²) in [7, 11) is 1.85. The van der Waals surface area contributed by atoms with E-state index in [2.05, 4.69) is 17.6 Å². The number of rotatable bonds is 9. The minimum atomic E-state index is -0.0241. The molecule has 0 aromatic heterocycles. The lowest BCUT2D eigenvalue weighted by Crippen LogP contribution is -2.33. The smallest absolute Gasteiger partial charge is 0.224 e. The number of carbonyl (C=O) groups excluding carboxylic acids is 1. The van der Waals surface area contributed by atoms with Crippen molar-refractivity contribution >= 4 is 5.91 Å². The summed E-state index contributed by atoms with van der Waals surface area (Å²) in [5.41, 5.74) is 1.06. The first-order chi connectivity index (χ1) is 9.67. The molecule has 2 N–H and O–H groups in total. The Balaban J connectivity index is 2.43. The van der Waals surface area contributed by atoms with E-state index < -0.39 is 0 Å². The van der Waals surface area contributed by atoms with Crippen LogP contribution in [0.2, 0.25) is 0 Å². The van der Waals surface area contributed by atoms with Crippen molar-refractivity contribution in [2.24, 2.45) is 5.92 Å². The molecule has 1 rings (SSSR count). The van der Waals surface area contributed by atoms with Crippen LogP contribution in [0.1, 0.15) is 32.3 Å². The maximum atomic E-state index is 11.8. The number of unbranched alkanes of at least 4 members (excludes halogenated alkanes) is 1. The lowest BCUT2D eigenvalue weighted by Gasteiger charge is -2.12. The average molecular weight is 278 g/mol. The first-order valence-electron chi connectivity index (χ1n) is 7.31. The first kappa shape index (κ1) is 16.5. The van der Waals surface area contributed by atoms with Crippen LogP contribution < -0.4 is 15.4 Å². The van der Waals surface area contributed by atoms with Crippen molar-refractivity contribution in [2.45, 2.75) is 33.2 Å². The molecule has 4 heteroatoms. The molecule has 112 valence electrons. The summed E-state index contributed by atoms with van der Waals surface area (Å²) in [4.78, 5) is 11.8. The monoisotopic (exact) mass is 278 g/mol. The summed E-state index contributed by atoms with van der Waals surface area (Å²) in [6.07, 6.45) is 2.18. The van der Waals surface area contributed by atoms with E-state index in [1.54, 1.807) is 0 Å². The highest BCUT2D eigenvalue weighted by atomic mass is 16.5. The van der Waals surface area contributed by atoms with Crippen LogP contribution in [0, 0.1) is 5.92 Å². The fourth-order valence-corrected chi connectivity index (χ4v) is 1.84. The fourth-order valence-electron chi connectivity index (χ4n) is 1.84. The molecule has 1 aromatic rings. The van der Waals surface area contributed by atoms with E-state index in [4.69, 9.17) is 4.74 Å². The molecular weight excluding hydrogens is 252 g/mol. The van der Waals surface area contributed by atoms with Crippen LogP contribution in [0.5, 0.6) is 5.75 Å². The third kappa shape index (κ3) is 6.06. The van der Waals surface area contributed by atoms with Gasteiger partial charge in [0.1, 0.15) is 5.75 Å². The molecule has 0 aliphatic rings. The van der Waals surface area contributed by atoms with Crippen LogP contribution in [0.25, 0.3) is 0 Å². The Kier molecular flexibility index (Phi) is 7.73. The van der Waals surface area contributed by atoms with E-state index in [-0.39, 0.29) is 11.8 Å². The van der Waals surface area contributed by atoms with Gasteiger partial charge in [0.2, 0.25) is 5.91 Å². The second-order valence-corrected chi connectivity index (χ2v) is 5.03. The highest BCUT2D eigenvalue weighted by Crippen LogP contribution is 2.13. The number of hydrogen-bond acceptors (Lipinski definition) is 3. The van der Waals surface area contributed by atoms with Crippen molar-refractivity contribution in [1.82, 2.24) is 10.6 Å². The van der Waals surface area contributed by atoms with Gasteiger partial charge in [-0.2, -0.15) is 0 Å². The zero-order valence-electron chi connectivity index (χ0n) is 12.7. The van der Waals surface area contributed by atoms with Crippen LogP contribution in [0.15, 0.2) is 24.3 Å². The molecular formula is C16H26N2O2. The van der Waals surface area contributed by atoms with E-state index in [0.29, 0.717) is 13.1 Å². The van der Waals surface area contributed by atoms with Crippen molar-refractivity contribution in [1.29, 1.82) is 0 Å². The molecule has 20 heavy (non-hydrogen) atoms. The maximum absolute atomic E-state index is 11.8.